The van der Waals surface area contributed by atoms with E-state index in [1.54, 1.807) is 0 Å². The molecule has 0 heterocycles. The molecule has 86 valence electrons. The Labute approximate surface area is 89.6 Å². The molecule has 2 heteroatoms. The van der Waals surface area contributed by atoms with Crippen LogP contribution in [-0.2, 0) is 4.84 Å². The Morgan fingerprint density at radius 1 is 1.07 bits per heavy atom. The lowest BCUT2D eigenvalue weighted by molar-refractivity contribution is -0.257. The smallest absolute Gasteiger partial charge is 0.0894 e. The quantitative estimate of drug-likeness (QED) is 0.610. The topological polar surface area (TPSA) is 12.5 Å². The molecule has 0 bridgehead atoms. The third kappa shape index (κ3) is 3.58. The van der Waals surface area contributed by atoms with Gasteiger partial charge in [0, 0.05) is 13.6 Å². The zero-order valence-electron chi connectivity index (χ0n) is 11.0. The van der Waals surface area contributed by atoms with Crippen LogP contribution in [0.1, 0.15) is 54.4 Å². The van der Waals surface area contributed by atoms with Gasteiger partial charge in [-0.3, -0.25) is 4.84 Å². The highest BCUT2D eigenvalue weighted by atomic mass is 16.7. The van der Waals surface area contributed by atoms with Crippen LogP contribution in [0.25, 0.3) is 0 Å². The van der Waals surface area contributed by atoms with E-state index in [2.05, 4.69) is 41.5 Å². The summed E-state index contributed by atoms with van der Waals surface area (Å²) in [5, 5.41) is 1.96. The molecule has 0 aliphatic rings. The first kappa shape index (κ1) is 13.9. The fourth-order valence-electron chi connectivity index (χ4n) is 1.30. The normalized spacial score (nSPS) is 13.7. The summed E-state index contributed by atoms with van der Waals surface area (Å²) in [6.07, 6.45) is 2.25. The van der Waals surface area contributed by atoms with Crippen molar-refractivity contribution < 1.29 is 4.84 Å². The molecule has 0 aromatic carbocycles. The van der Waals surface area contributed by atoms with Crippen molar-refractivity contribution in [3.8, 4) is 0 Å². The van der Waals surface area contributed by atoms with E-state index in [9.17, 15) is 0 Å². The second-order valence-electron chi connectivity index (χ2n) is 5.19. The second-order valence-corrected chi connectivity index (χ2v) is 5.19. The predicted octanol–water partition coefficient (Wildman–Crippen LogP) is 3.47. The molecule has 2 nitrogen and oxygen atoms in total. The van der Waals surface area contributed by atoms with Gasteiger partial charge in [-0.05, 0) is 32.1 Å². The Kier molecular flexibility index (Phi) is 5.10. The molecule has 0 unspecified atom stereocenters. The largest absolute Gasteiger partial charge is 0.293 e. The van der Waals surface area contributed by atoms with Crippen molar-refractivity contribution in [2.45, 2.75) is 60.0 Å². The molecule has 14 heavy (non-hydrogen) atoms. The van der Waals surface area contributed by atoms with E-state index in [4.69, 9.17) is 4.84 Å². The van der Waals surface area contributed by atoms with Crippen LogP contribution in [-0.4, -0.2) is 24.3 Å². The summed E-state index contributed by atoms with van der Waals surface area (Å²) in [5.74, 6) is 0. The Hall–Kier alpha value is -0.0800. The average molecular weight is 201 g/mol. The predicted molar refractivity (Wildman–Crippen MR) is 62.2 cm³/mol. The zero-order chi connectivity index (χ0) is 11.4. The molecule has 0 amide bonds. The van der Waals surface area contributed by atoms with Gasteiger partial charge in [-0.1, -0.05) is 27.7 Å². The van der Waals surface area contributed by atoms with Gasteiger partial charge in [-0.25, -0.2) is 0 Å². The third-order valence-electron chi connectivity index (χ3n) is 3.44. The summed E-state index contributed by atoms with van der Waals surface area (Å²) in [7, 11) is 2.01. The minimum Gasteiger partial charge on any atom is -0.293 e. The number of rotatable bonds is 6. The Bertz CT molecular complexity index is 164. The maximum Gasteiger partial charge on any atom is 0.0894 e. The fraction of sp³-hybridized carbons (Fsp3) is 1.00. The molecule has 0 aromatic heterocycles. The van der Waals surface area contributed by atoms with Crippen LogP contribution in [0.5, 0.6) is 0 Å². The molecule has 0 fully saturated rings. The minimum atomic E-state index is -0.105. The van der Waals surface area contributed by atoms with E-state index in [-0.39, 0.29) is 11.0 Å². The Morgan fingerprint density at radius 2 is 1.57 bits per heavy atom. The van der Waals surface area contributed by atoms with E-state index >= 15 is 0 Å². The van der Waals surface area contributed by atoms with Crippen LogP contribution < -0.4 is 0 Å². The van der Waals surface area contributed by atoms with Gasteiger partial charge in [0.05, 0.1) is 5.60 Å². The summed E-state index contributed by atoms with van der Waals surface area (Å²) >= 11 is 0. The van der Waals surface area contributed by atoms with Gasteiger partial charge >= 0.3 is 0 Å². The van der Waals surface area contributed by atoms with Gasteiger partial charge in [-0.2, -0.15) is 5.06 Å². The van der Waals surface area contributed by atoms with Crippen LogP contribution in [0, 0.1) is 5.41 Å². The van der Waals surface area contributed by atoms with Crippen LogP contribution in [0.15, 0.2) is 0 Å². The lowest BCUT2D eigenvalue weighted by Crippen LogP contribution is -2.45. The summed E-state index contributed by atoms with van der Waals surface area (Å²) in [6, 6.07) is 0. The Morgan fingerprint density at radius 3 is 1.93 bits per heavy atom. The zero-order valence-corrected chi connectivity index (χ0v) is 11.0. The van der Waals surface area contributed by atoms with Crippen molar-refractivity contribution in [1.29, 1.82) is 0 Å². The van der Waals surface area contributed by atoms with Crippen molar-refractivity contribution in [3.05, 3.63) is 0 Å². The molecule has 0 spiro atoms. The SMILES string of the molecule is CCCN(C)OC(C)(C)C(C)(C)CC. The van der Waals surface area contributed by atoms with Crippen molar-refractivity contribution >= 4 is 0 Å². The van der Waals surface area contributed by atoms with Crippen LogP contribution >= 0.6 is 0 Å². The van der Waals surface area contributed by atoms with Crippen molar-refractivity contribution in [2.75, 3.05) is 13.6 Å². The van der Waals surface area contributed by atoms with Gasteiger partial charge in [0.15, 0.2) is 0 Å². The molecule has 0 atom stereocenters. The van der Waals surface area contributed by atoms with E-state index in [0.717, 1.165) is 19.4 Å². The van der Waals surface area contributed by atoms with Crippen molar-refractivity contribution in [2.24, 2.45) is 5.41 Å². The van der Waals surface area contributed by atoms with E-state index < -0.39 is 0 Å². The van der Waals surface area contributed by atoms with Gasteiger partial charge in [0.2, 0.25) is 0 Å². The molecule has 0 aliphatic heterocycles. The summed E-state index contributed by atoms with van der Waals surface area (Å²) < 4.78 is 0. The fourth-order valence-corrected chi connectivity index (χ4v) is 1.30. The van der Waals surface area contributed by atoms with Gasteiger partial charge in [-0.15, -0.1) is 0 Å². The minimum absolute atomic E-state index is 0.105. The van der Waals surface area contributed by atoms with Crippen LogP contribution in [0.2, 0.25) is 0 Å². The van der Waals surface area contributed by atoms with Gasteiger partial charge in [0.1, 0.15) is 0 Å². The molecule has 0 saturated carbocycles. The number of hydrogen-bond acceptors (Lipinski definition) is 2. The van der Waals surface area contributed by atoms with Crippen LogP contribution in [0.3, 0.4) is 0 Å². The van der Waals surface area contributed by atoms with E-state index in [0.29, 0.717) is 0 Å². The molecule has 0 N–H and O–H groups in total. The monoisotopic (exact) mass is 201 g/mol. The first-order valence-electron chi connectivity index (χ1n) is 5.67. The van der Waals surface area contributed by atoms with E-state index in [1.807, 2.05) is 12.1 Å². The molecule has 0 saturated heterocycles. The highest BCUT2D eigenvalue weighted by Crippen LogP contribution is 2.36. The van der Waals surface area contributed by atoms with Gasteiger partial charge < -0.3 is 0 Å². The standard InChI is InChI=1S/C12H27NO/c1-8-10-13(7)14-12(5,6)11(3,4)9-2/h8-10H2,1-7H3. The van der Waals surface area contributed by atoms with Crippen molar-refractivity contribution in [3.63, 3.8) is 0 Å². The van der Waals surface area contributed by atoms with Crippen molar-refractivity contribution in [1.82, 2.24) is 5.06 Å². The molecule has 0 radical (unpaired) electrons. The number of nitrogens with zero attached hydrogens (tertiary/aromatic N) is 1. The summed E-state index contributed by atoms with van der Waals surface area (Å²) in [6.45, 7) is 14.2. The molecular formula is C12H27NO. The lowest BCUT2D eigenvalue weighted by Gasteiger charge is -2.42. The molecular weight excluding hydrogens is 174 g/mol. The highest BCUT2D eigenvalue weighted by molar-refractivity contribution is 4.85. The summed E-state index contributed by atoms with van der Waals surface area (Å²) in [4.78, 5) is 5.97. The van der Waals surface area contributed by atoms with Gasteiger partial charge in [0.25, 0.3) is 0 Å². The first-order valence-corrected chi connectivity index (χ1v) is 5.67. The third-order valence-corrected chi connectivity index (χ3v) is 3.44. The Balaban J connectivity index is 4.32. The second kappa shape index (κ2) is 5.13. The highest BCUT2D eigenvalue weighted by Gasteiger charge is 2.37. The maximum atomic E-state index is 5.97. The first-order chi connectivity index (χ1) is 6.27. The maximum absolute atomic E-state index is 5.97. The number of hydroxylamine groups is 2. The van der Waals surface area contributed by atoms with E-state index in [1.165, 1.54) is 0 Å². The average Bonchev–Trinajstić information content (AvgIpc) is 2.03. The van der Waals surface area contributed by atoms with Crippen LogP contribution in [0.4, 0.5) is 0 Å². The molecule has 0 aromatic rings. The molecule has 0 aliphatic carbocycles. The summed E-state index contributed by atoms with van der Waals surface area (Å²) in [5.41, 5.74) is 0.0979. The molecule has 0 rings (SSSR count). The lowest BCUT2D eigenvalue weighted by atomic mass is 9.75. The number of hydrogen-bond donors (Lipinski definition) is 0.